The van der Waals surface area contributed by atoms with E-state index in [1.165, 1.54) is 7.11 Å². The van der Waals surface area contributed by atoms with Crippen molar-refractivity contribution in [2.75, 3.05) is 7.11 Å². The van der Waals surface area contributed by atoms with Gasteiger partial charge in [-0.05, 0) is 38.3 Å². The molecule has 0 radical (unpaired) electrons. The molecule has 1 saturated carbocycles. The van der Waals surface area contributed by atoms with Gasteiger partial charge < -0.3 is 14.9 Å². The normalized spacial score (nSPS) is 18.8. The molecule has 1 fully saturated rings. The molecule has 7 nitrogen and oxygen atoms in total. The number of alkyl halides is 3. The van der Waals surface area contributed by atoms with E-state index < -0.39 is 18.2 Å². The molecule has 1 aliphatic carbocycles. The fraction of sp³-hybridized carbons (Fsp3) is 0.429. The van der Waals surface area contributed by atoms with Gasteiger partial charge in [0, 0.05) is 10.6 Å². The number of benzene rings is 1. The van der Waals surface area contributed by atoms with Gasteiger partial charge in [-0.15, -0.1) is 0 Å². The van der Waals surface area contributed by atoms with Gasteiger partial charge in [0.1, 0.15) is 18.5 Å². The number of hydrogen-bond donors (Lipinski definition) is 1. The lowest BCUT2D eigenvalue weighted by molar-refractivity contribution is -0.189. The van der Waals surface area contributed by atoms with Gasteiger partial charge in [-0.3, -0.25) is 4.79 Å². The zero-order chi connectivity index (χ0) is 23.3. The standard InChI is InChI=1S/C21H22ClF3N4O3/c1-12(21(23,24)25)32-20-18(13-7-9-14(22)10-8-13)27-17(11-26-20)19(30)28-15-5-3-4-6-16(15)29-31-2/h7-12,15H,3-6H2,1-2H3,(H,28,30)/b29-16+/t12-,15-/m0/s1. The molecule has 1 aromatic heterocycles. The average molecular weight is 471 g/mol. The molecular formula is C21H22ClF3N4O3. The summed E-state index contributed by atoms with van der Waals surface area (Å²) >= 11 is 5.91. The highest BCUT2D eigenvalue weighted by molar-refractivity contribution is 6.30. The molecule has 0 saturated heterocycles. The van der Waals surface area contributed by atoms with E-state index in [2.05, 4.69) is 20.4 Å². The molecule has 1 N–H and O–H groups in total. The molecular weight excluding hydrogens is 449 g/mol. The van der Waals surface area contributed by atoms with E-state index in [4.69, 9.17) is 21.2 Å². The van der Waals surface area contributed by atoms with E-state index >= 15 is 0 Å². The van der Waals surface area contributed by atoms with Gasteiger partial charge in [-0.2, -0.15) is 13.2 Å². The van der Waals surface area contributed by atoms with Crippen molar-refractivity contribution in [3.05, 3.63) is 41.2 Å². The number of nitrogens with zero attached hydrogens (tertiary/aromatic N) is 3. The average Bonchev–Trinajstić information content (AvgIpc) is 2.75. The van der Waals surface area contributed by atoms with Gasteiger partial charge in [0.15, 0.2) is 6.10 Å². The highest BCUT2D eigenvalue weighted by Gasteiger charge is 2.39. The Labute approximate surface area is 188 Å². The van der Waals surface area contributed by atoms with E-state index in [9.17, 15) is 18.0 Å². The molecule has 1 heterocycles. The lowest BCUT2D eigenvalue weighted by Crippen LogP contribution is -2.43. The first-order valence-corrected chi connectivity index (χ1v) is 10.3. The van der Waals surface area contributed by atoms with Gasteiger partial charge in [-0.1, -0.05) is 35.3 Å². The summed E-state index contributed by atoms with van der Waals surface area (Å²) in [4.78, 5) is 25.9. The monoisotopic (exact) mass is 470 g/mol. The molecule has 0 aliphatic heterocycles. The quantitative estimate of drug-likeness (QED) is 0.613. The molecule has 1 aliphatic rings. The number of halogens is 4. The number of hydrogen-bond acceptors (Lipinski definition) is 6. The number of carbonyl (C=O) groups is 1. The molecule has 0 spiro atoms. The minimum atomic E-state index is -4.59. The van der Waals surface area contributed by atoms with Gasteiger partial charge in [0.05, 0.1) is 18.0 Å². The summed E-state index contributed by atoms with van der Waals surface area (Å²) in [5, 5.41) is 7.26. The van der Waals surface area contributed by atoms with Gasteiger partial charge in [-0.25, -0.2) is 9.97 Å². The predicted octanol–water partition coefficient (Wildman–Crippen LogP) is 4.80. The minimum Gasteiger partial charge on any atom is -0.463 e. The molecule has 2 aromatic rings. The van der Waals surface area contributed by atoms with Crippen molar-refractivity contribution in [3.8, 4) is 17.1 Å². The Hall–Kier alpha value is -2.88. The molecule has 32 heavy (non-hydrogen) atoms. The first-order valence-electron chi connectivity index (χ1n) is 9.96. The predicted molar refractivity (Wildman–Crippen MR) is 113 cm³/mol. The molecule has 2 atom stereocenters. The smallest absolute Gasteiger partial charge is 0.425 e. The van der Waals surface area contributed by atoms with Gasteiger partial charge in [0.25, 0.3) is 5.91 Å². The van der Waals surface area contributed by atoms with Crippen LogP contribution in [-0.4, -0.2) is 47.0 Å². The zero-order valence-corrected chi connectivity index (χ0v) is 18.2. The highest BCUT2D eigenvalue weighted by Crippen LogP contribution is 2.31. The largest absolute Gasteiger partial charge is 0.463 e. The summed E-state index contributed by atoms with van der Waals surface area (Å²) < 4.78 is 44.1. The number of carbonyl (C=O) groups excluding carboxylic acids is 1. The SMILES string of the molecule is CO/N=C1\CCCC[C@@H]1NC(=O)c1cnc(O[C@@H](C)C(F)(F)F)c(-c2ccc(Cl)cc2)n1. The fourth-order valence-electron chi connectivity index (χ4n) is 3.21. The lowest BCUT2D eigenvalue weighted by atomic mass is 9.93. The summed E-state index contributed by atoms with van der Waals surface area (Å²) in [6.07, 6.45) is -2.37. The number of ether oxygens (including phenoxy) is 1. The summed E-state index contributed by atoms with van der Waals surface area (Å²) in [5.41, 5.74) is 1.06. The third kappa shape index (κ3) is 5.87. The summed E-state index contributed by atoms with van der Waals surface area (Å²) in [7, 11) is 1.44. The number of oxime groups is 1. The maximum Gasteiger partial charge on any atom is 0.425 e. The van der Waals surface area contributed by atoms with Crippen LogP contribution in [0.5, 0.6) is 5.88 Å². The molecule has 1 aromatic carbocycles. The number of nitrogens with one attached hydrogen (secondary N) is 1. The third-order valence-electron chi connectivity index (χ3n) is 4.93. The first kappa shape index (κ1) is 23.8. The van der Waals surface area contributed by atoms with Crippen LogP contribution in [0, 0.1) is 0 Å². The lowest BCUT2D eigenvalue weighted by Gasteiger charge is -2.24. The van der Waals surface area contributed by atoms with Crippen molar-refractivity contribution in [1.82, 2.24) is 15.3 Å². The topological polar surface area (TPSA) is 85.7 Å². The maximum atomic E-state index is 13.0. The van der Waals surface area contributed by atoms with Crippen molar-refractivity contribution in [2.45, 2.75) is 50.9 Å². The fourth-order valence-corrected chi connectivity index (χ4v) is 3.34. The second-order valence-electron chi connectivity index (χ2n) is 7.25. The summed E-state index contributed by atoms with van der Waals surface area (Å²) in [6, 6.07) is 5.90. The van der Waals surface area contributed by atoms with Crippen LogP contribution in [0.25, 0.3) is 11.3 Å². The minimum absolute atomic E-state index is 0.000145. The Balaban J connectivity index is 1.91. The van der Waals surface area contributed by atoms with Crippen molar-refractivity contribution in [1.29, 1.82) is 0 Å². The highest BCUT2D eigenvalue weighted by atomic mass is 35.5. The Kier molecular flexibility index (Phi) is 7.55. The van der Waals surface area contributed by atoms with Crippen LogP contribution in [0.3, 0.4) is 0 Å². The van der Waals surface area contributed by atoms with Gasteiger partial charge >= 0.3 is 6.18 Å². The Morgan fingerprint density at radius 2 is 2.00 bits per heavy atom. The van der Waals surface area contributed by atoms with E-state index in [0.717, 1.165) is 31.7 Å². The molecule has 11 heteroatoms. The Morgan fingerprint density at radius 3 is 2.66 bits per heavy atom. The third-order valence-corrected chi connectivity index (χ3v) is 5.18. The van der Waals surface area contributed by atoms with E-state index in [-0.39, 0.29) is 23.3 Å². The summed E-state index contributed by atoms with van der Waals surface area (Å²) in [5.74, 6) is -0.869. The zero-order valence-electron chi connectivity index (χ0n) is 17.4. The molecule has 0 unspecified atom stereocenters. The van der Waals surface area contributed by atoms with Crippen LogP contribution in [0.4, 0.5) is 13.2 Å². The maximum absolute atomic E-state index is 13.0. The van der Waals surface area contributed by atoms with Gasteiger partial charge in [0.2, 0.25) is 5.88 Å². The van der Waals surface area contributed by atoms with E-state index in [1.54, 1.807) is 24.3 Å². The first-order chi connectivity index (χ1) is 15.2. The Bertz CT molecular complexity index is 983. The van der Waals surface area contributed by atoms with E-state index in [0.29, 0.717) is 23.4 Å². The number of aromatic nitrogens is 2. The van der Waals surface area contributed by atoms with Crippen LogP contribution < -0.4 is 10.1 Å². The number of rotatable bonds is 6. The molecule has 3 rings (SSSR count). The Morgan fingerprint density at radius 1 is 1.28 bits per heavy atom. The van der Waals surface area contributed by atoms with Crippen LogP contribution in [-0.2, 0) is 4.84 Å². The summed E-state index contributed by atoms with van der Waals surface area (Å²) in [6.45, 7) is 0.869. The second kappa shape index (κ2) is 10.2. The second-order valence-corrected chi connectivity index (χ2v) is 7.69. The van der Waals surface area contributed by atoms with Crippen LogP contribution in [0.1, 0.15) is 43.1 Å². The van der Waals surface area contributed by atoms with E-state index in [1.807, 2.05) is 0 Å². The molecule has 1 amide bonds. The van der Waals surface area contributed by atoms with Crippen molar-refractivity contribution in [2.24, 2.45) is 5.16 Å². The van der Waals surface area contributed by atoms with Crippen molar-refractivity contribution >= 4 is 23.2 Å². The van der Waals surface area contributed by atoms with Crippen LogP contribution in [0.15, 0.2) is 35.6 Å². The van der Waals surface area contributed by atoms with Crippen molar-refractivity contribution in [3.63, 3.8) is 0 Å². The molecule has 0 bridgehead atoms. The van der Waals surface area contributed by atoms with Crippen molar-refractivity contribution < 1.29 is 27.5 Å². The van der Waals surface area contributed by atoms with Crippen LogP contribution in [0.2, 0.25) is 5.02 Å². The number of amides is 1. The molecule has 172 valence electrons. The van der Waals surface area contributed by atoms with Crippen LogP contribution >= 0.6 is 11.6 Å².